The third-order valence-electron chi connectivity index (χ3n) is 3.95. The fourth-order valence-corrected chi connectivity index (χ4v) is 3.35. The Morgan fingerprint density at radius 2 is 1.35 bits per heavy atom. The van der Waals surface area contributed by atoms with Crippen LogP contribution < -0.4 is 0 Å². The Morgan fingerprint density at radius 3 is 2.00 bits per heavy atom. The SMILES string of the molecule is CC(C)CC1O[C@@H]2OC(C)(C)OC2C2OC(C)(C)O[C@@H]12. The van der Waals surface area contributed by atoms with Crippen LogP contribution in [0.2, 0.25) is 0 Å². The standard InChI is InChI=1S/C15H26O5/c1-8(2)7-9-10-11(18-14(3,4)17-10)12-13(16-9)20-15(5,6)19-12/h8-13H,7H2,1-6H3/t9?,10-,11?,12?,13+/m0/s1. The van der Waals surface area contributed by atoms with E-state index in [2.05, 4.69) is 13.8 Å². The normalized spacial score (nSPS) is 45.5. The molecule has 3 unspecified atom stereocenters. The monoisotopic (exact) mass is 286 g/mol. The molecule has 0 aliphatic carbocycles. The highest BCUT2D eigenvalue weighted by atomic mass is 16.9. The molecule has 116 valence electrons. The van der Waals surface area contributed by atoms with Gasteiger partial charge in [-0.25, -0.2) is 0 Å². The summed E-state index contributed by atoms with van der Waals surface area (Å²) in [5.41, 5.74) is 0. The van der Waals surface area contributed by atoms with Gasteiger partial charge in [0.05, 0.1) is 6.10 Å². The third-order valence-corrected chi connectivity index (χ3v) is 3.95. The quantitative estimate of drug-likeness (QED) is 0.780. The van der Waals surface area contributed by atoms with Gasteiger partial charge >= 0.3 is 0 Å². The Bertz CT molecular complexity index is 378. The van der Waals surface area contributed by atoms with Crippen molar-refractivity contribution in [3.8, 4) is 0 Å². The van der Waals surface area contributed by atoms with Gasteiger partial charge in [-0.3, -0.25) is 0 Å². The van der Waals surface area contributed by atoms with Crippen LogP contribution in [0.3, 0.4) is 0 Å². The van der Waals surface area contributed by atoms with E-state index in [0.717, 1.165) is 6.42 Å². The van der Waals surface area contributed by atoms with E-state index in [1.807, 2.05) is 27.7 Å². The van der Waals surface area contributed by atoms with Crippen molar-refractivity contribution in [3.05, 3.63) is 0 Å². The molecule has 0 bridgehead atoms. The Hall–Kier alpha value is -0.200. The summed E-state index contributed by atoms with van der Waals surface area (Å²) < 4.78 is 30.1. The van der Waals surface area contributed by atoms with Gasteiger partial charge in [0, 0.05) is 0 Å². The van der Waals surface area contributed by atoms with Crippen molar-refractivity contribution in [1.29, 1.82) is 0 Å². The van der Waals surface area contributed by atoms with Gasteiger partial charge < -0.3 is 23.7 Å². The van der Waals surface area contributed by atoms with Crippen LogP contribution in [0.1, 0.15) is 48.0 Å². The minimum atomic E-state index is -0.636. The van der Waals surface area contributed by atoms with E-state index in [-0.39, 0.29) is 30.7 Å². The van der Waals surface area contributed by atoms with Crippen LogP contribution in [-0.2, 0) is 23.7 Å². The highest BCUT2D eigenvalue weighted by Crippen LogP contribution is 2.45. The molecule has 0 N–H and O–H groups in total. The average molecular weight is 286 g/mol. The predicted octanol–water partition coefficient (Wildman–Crippen LogP) is 2.43. The van der Waals surface area contributed by atoms with Crippen LogP contribution in [0.25, 0.3) is 0 Å². The van der Waals surface area contributed by atoms with Gasteiger partial charge in [-0.15, -0.1) is 0 Å². The summed E-state index contributed by atoms with van der Waals surface area (Å²) in [6.45, 7) is 12.0. The molecule has 0 spiro atoms. The Morgan fingerprint density at radius 1 is 0.800 bits per heavy atom. The van der Waals surface area contributed by atoms with E-state index in [9.17, 15) is 0 Å². The first kappa shape index (κ1) is 14.7. The fraction of sp³-hybridized carbons (Fsp3) is 1.00. The van der Waals surface area contributed by atoms with Crippen molar-refractivity contribution >= 4 is 0 Å². The second kappa shape index (κ2) is 4.65. The number of hydrogen-bond acceptors (Lipinski definition) is 5. The first-order chi connectivity index (χ1) is 9.17. The van der Waals surface area contributed by atoms with E-state index in [4.69, 9.17) is 23.7 Å². The van der Waals surface area contributed by atoms with Crippen molar-refractivity contribution in [3.63, 3.8) is 0 Å². The molecule has 5 nitrogen and oxygen atoms in total. The highest BCUT2D eigenvalue weighted by molar-refractivity contribution is 5.00. The number of rotatable bonds is 2. The second-order valence-electron chi connectivity index (χ2n) is 7.34. The van der Waals surface area contributed by atoms with Gasteiger partial charge in [-0.05, 0) is 40.0 Å². The van der Waals surface area contributed by atoms with Crippen molar-refractivity contribution in [2.75, 3.05) is 0 Å². The molecular weight excluding hydrogens is 260 g/mol. The molecule has 0 aromatic heterocycles. The smallest absolute Gasteiger partial charge is 0.190 e. The van der Waals surface area contributed by atoms with E-state index in [1.54, 1.807) is 0 Å². The predicted molar refractivity (Wildman–Crippen MR) is 72.0 cm³/mol. The largest absolute Gasteiger partial charge is 0.344 e. The fourth-order valence-electron chi connectivity index (χ4n) is 3.35. The number of ether oxygens (including phenoxy) is 5. The molecule has 3 aliphatic rings. The van der Waals surface area contributed by atoms with Crippen LogP contribution in [0.5, 0.6) is 0 Å². The van der Waals surface area contributed by atoms with Crippen LogP contribution in [-0.4, -0.2) is 42.3 Å². The molecule has 3 rings (SSSR count). The molecule has 0 saturated carbocycles. The lowest BCUT2D eigenvalue weighted by molar-refractivity contribution is -0.236. The average Bonchev–Trinajstić information content (AvgIpc) is 2.73. The topological polar surface area (TPSA) is 46.2 Å². The van der Waals surface area contributed by atoms with Crippen LogP contribution in [0, 0.1) is 5.92 Å². The first-order valence-electron chi connectivity index (χ1n) is 7.54. The van der Waals surface area contributed by atoms with Crippen molar-refractivity contribution in [2.24, 2.45) is 5.92 Å². The lowest BCUT2D eigenvalue weighted by Gasteiger charge is -2.38. The van der Waals surface area contributed by atoms with Gasteiger partial charge in [-0.1, -0.05) is 13.8 Å². The van der Waals surface area contributed by atoms with Crippen molar-refractivity contribution in [1.82, 2.24) is 0 Å². The zero-order valence-electron chi connectivity index (χ0n) is 13.2. The van der Waals surface area contributed by atoms with E-state index >= 15 is 0 Å². The molecule has 20 heavy (non-hydrogen) atoms. The first-order valence-corrected chi connectivity index (χ1v) is 7.54. The van der Waals surface area contributed by atoms with E-state index < -0.39 is 11.6 Å². The molecule has 0 aromatic carbocycles. The Labute approximate surface area is 120 Å². The molecule has 3 heterocycles. The molecule has 0 amide bonds. The van der Waals surface area contributed by atoms with E-state index in [0.29, 0.717) is 5.92 Å². The number of fused-ring (bicyclic) bond motifs is 3. The number of hydrogen-bond donors (Lipinski definition) is 0. The maximum absolute atomic E-state index is 6.11. The van der Waals surface area contributed by atoms with Crippen LogP contribution in [0.4, 0.5) is 0 Å². The van der Waals surface area contributed by atoms with Gasteiger partial charge in [0.15, 0.2) is 17.9 Å². The lowest BCUT2D eigenvalue weighted by atomic mass is 9.93. The molecule has 3 fully saturated rings. The molecule has 3 saturated heterocycles. The molecule has 3 aliphatic heterocycles. The summed E-state index contributed by atoms with van der Waals surface area (Å²) in [7, 11) is 0. The van der Waals surface area contributed by atoms with Gasteiger partial charge in [0.25, 0.3) is 0 Å². The highest BCUT2D eigenvalue weighted by Gasteiger charge is 2.60. The molecule has 0 radical (unpaired) electrons. The molecule has 5 atom stereocenters. The van der Waals surface area contributed by atoms with Crippen LogP contribution >= 0.6 is 0 Å². The summed E-state index contributed by atoms with van der Waals surface area (Å²) >= 11 is 0. The second-order valence-corrected chi connectivity index (χ2v) is 7.34. The molecule has 5 heteroatoms. The van der Waals surface area contributed by atoms with Gasteiger partial charge in [0.1, 0.15) is 18.3 Å². The van der Waals surface area contributed by atoms with E-state index in [1.165, 1.54) is 0 Å². The molecular formula is C15H26O5. The summed E-state index contributed by atoms with van der Waals surface area (Å²) in [6, 6.07) is 0. The maximum Gasteiger partial charge on any atom is 0.190 e. The molecule has 0 aromatic rings. The summed E-state index contributed by atoms with van der Waals surface area (Å²) in [5.74, 6) is -0.707. The lowest BCUT2D eigenvalue weighted by Crippen LogP contribution is -2.55. The van der Waals surface area contributed by atoms with Crippen molar-refractivity contribution < 1.29 is 23.7 Å². The maximum atomic E-state index is 6.11. The third kappa shape index (κ3) is 2.62. The van der Waals surface area contributed by atoms with Crippen LogP contribution in [0.15, 0.2) is 0 Å². The Kier molecular flexibility index (Phi) is 3.42. The summed E-state index contributed by atoms with van der Waals surface area (Å²) in [5, 5.41) is 0. The van der Waals surface area contributed by atoms with Gasteiger partial charge in [0.2, 0.25) is 0 Å². The zero-order valence-corrected chi connectivity index (χ0v) is 13.2. The summed E-state index contributed by atoms with van der Waals surface area (Å²) in [4.78, 5) is 0. The minimum Gasteiger partial charge on any atom is -0.344 e. The Balaban J connectivity index is 1.84. The summed E-state index contributed by atoms with van der Waals surface area (Å²) in [6.07, 6.45) is 0.0989. The van der Waals surface area contributed by atoms with Gasteiger partial charge in [-0.2, -0.15) is 0 Å². The zero-order chi connectivity index (χ0) is 14.7. The van der Waals surface area contributed by atoms with Crippen molar-refractivity contribution in [2.45, 2.75) is 90.2 Å². The minimum absolute atomic E-state index is 0.0134.